The van der Waals surface area contributed by atoms with Crippen LogP contribution in [0.15, 0.2) is 24.4 Å². The lowest BCUT2D eigenvalue weighted by atomic mass is 10.0. The molecule has 1 rings (SSSR count). The lowest BCUT2D eigenvalue weighted by Gasteiger charge is -2.34. The van der Waals surface area contributed by atoms with Crippen molar-refractivity contribution in [3.05, 3.63) is 24.4 Å². The van der Waals surface area contributed by atoms with Gasteiger partial charge in [-0.15, -0.1) is 0 Å². The molecule has 0 N–H and O–H groups in total. The van der Waals surface area contributed by atoms with Crippen molar-refractivity contribution in [3.63, 3.8) is 0 Å². The van der Waals surface area contributed by atoms with Gasteiger partial charge in [0.2, 0.25) is 0 Å². The first-order chi connectivity index (χ1) is 15.0. The van der Waals surface area contributed by atoms with E-state index >= 15 is 0 Å². The number of piperidine rings is 1. The highest BCUT2D eigenvalue weighted by molar-refractivity contribution is 5.82. The number of hydrogen-bond acceptors (Lipinski definition) is 9. The number of hydrogen-bond donors (Lipinski definition) is 0. The molecule has 0 spiro atoms. The van der Waals surface area contributed by atoms with Gasteiger partial charge in [-0.1, -0.05) is 6.08 Å². The average Bonchev–Trinajstić information content (AvgIpc) is 2.76. The van der Waals surface area contributed by atoms with Crippen LogP contribution in [0.25, 0.3) is 0 Å². The van der Waals surface area contributed by atoms with E-state index in [0.717, 1.165) is 25.9 Å². The Morgan fingerprint density at radius 2 is 1.29 bits per heavy atom. The molecule has 31 heavy (non-hydrogen) atoms. The van der Waals surface area contributed by atoms with E-state index < -0.39 is 0 Å². The minimum absolute atomic E-state index is 0.205. The highest BCUT2D eigenvalue weighted by atomic mass is 16.6. The molecule has 0 atom stereocenters. The Balaban J connectivity index is 1.88. The third-order valence-corrected chi connectivity index (χ3v) is 4.70. The summed E-state index contributed by atoms with van der Waals surface area (Å²) < 4.78 is 26.0. The first-order valence-electron chi connectivity index (χ1n) is 10.8. The van der Waals surface area contributed by atoms with E-state index in [2.05, 4.69) is 16.8 Å². The van der Waals surface area contributed by atoms with Crippen LogP contribution in [0.3, 0.4) is 0 Å². The van der Waals surface area contributed by atoms with Crippen molar-refractivity contribution in [1.82, 2.24) is 9.80 Å². The van der Waals surface area contributed by atoms with E-state index in [9.17, 15) is 9.59 Å². The van der Waals surface area contributed by atoms with Gasteiger partial charge in [-0.05, 0) is 39.9 Å². The summed E-state index contributed by atoms with van der Waals surface area (Å²) in [4.78, 5) is 27.2. The SMILES string of the molecule is C/C=C/C(=O)OCCOCCOCCOCCOC(=O)/C=C/N(C)C1CCN(C)CC1. The largest absolute Gasteiger partial charge is 0.460 e. The summed E-state index contributed by atoms with van der Waals surface area (Å²) in [6.45, 7) is 6.66. The van der Waals surface area contributed by atoms with E-state index in [0.29, 0.717) is 45.7 Å². The Morgan fingerprint density at radius 3 is 1.77 bits per heavy atom. The molecule has 0 unspecified atom stereocenters. The zero-order chi connectivity index (χ0) is 22.7. The number of carbonyl (C=O) groups excluding carboxylic acids is 2. The standard InChI is InChI=1S/C22H38N2O7/c1-4-5-21(25)30-18-16-28-14-12-27-13-15-29-17-19-31-22(26)8-11-24(3)20-6-9-23(2)10-7-20/h4-5,8,11,20H,6-7,9-10,12-19H2,1-3H3/b5-4+,11-8+. The van der Waals surface area contributed by atoms with E-state index in [4.69, 9.17) is 23.7 Å². The van der Waals surface area contributed by atoms with Crippen molar-refractivity contribution in [3.8, 4) is 0 Å². The van der Waals surface area contributed by atoms with Crippen LogP contribution in [-0.2, 0) is 33.3 Å². The molecular formula is C22H38N2O7. The summed E-state index contributed by atoms with van der Waals surface area (Å²) in [5.74, 6) is -0.741. The highest BCUT2D eigenvalue weighted by Gasteiger charge is 2.18. The quantitative estimate of drug-likeness (QED) is 0.199. The number of allylic oxidation sites excluding steroid dienone is 1. The van der Waals surface area contributed by atoms with Gasteiger partial charge in [0, 0.05) is 31.4 Å². The van der Waals surface area contributed by atoms with Crippen LogP contribution < -0.4 is 0 Å². The number of nitrogens with zero attached hydrogens (tertiary/aromatic N) is 2. The van der Waals surface area contributed by atoms with Gasteiger partial charge in [0.15, 0.2) is 0 Å². The lowest BCUT2D eigenvalue weighted by Crippen LogP contribution is -2.39. The third-order valence-electron chi connectivity index (χ3n) is 4.70. The summed E-state index contributed by atoms with van der Waals surface area (Å²) in [6, 6.07) is 0.467. The molecule has 0 aliphatic carbocycles. The second-order valence-electron chi connectivity index (χ2n) is 7.19. The van der Waals surface area contributed by atoms with Crippen LogP contribution in [0.2, 0.25) is 0 Å². The van der Waals surface area contributed by atoms with Crippen molar-refractivity contribution >= 4 is 11.9 Å². The molecule has 0 aromatic carbocycles. The number of carbonyl (C=O) groups is 2. The van der Waals surface area contributed by atoms with E-state index in [1.165, 1.54) is 12.2 Å². The van der Waals surface area contributed by atoms with Gasteiger partial charge in [0.05, 0.1) is 39.6 Å². The molecule has 1 fully saturated rings. The van der Waals surface area contributed by atoms with Crippen molar-refractivity contribution in [2.24, 2.45) is 0 Å². The Kier molecular flexibility index (Phi) is 15.5. The smallest absolute Gasteiger partial charge is 0.332 e. The third kappa shape index (κ3) is 14.7. The second-order valence-corrected chi connectivity index (χ2v) is 7.19. The maximum absolute atomic E-state index is 11.8. The molecule has 0 aromatic rings. The molecule has 9 nitrogen and oxygen atoms in total. The zero-order valence-electron chi connectivity index (χ0n) is 19.1. The van der Waals surface area contributed by atoms with Crippen molar-refractivity contribution in [1.29, 1.82) is 0 Å². The summed E-state index contributed by atoms with van der Waals surface area (Å²) in [5, 5.41) is 0. The van der Waals surface area contributed by atoms with Gasteiger partial charge in [-0.2, -0.15) is 0 Å². The molecule has 0 bridgehead atoms. The monoisotopic (exact) mass is 442 g/mol. The van der Waals surface area contributed by atoms with Gasteiger partial charge in [0.25, 0.3) is 0 Å². The van der Waals surface area contributed by atoms with Crippen molar-refractivity contribution in [2.75, 3.05) is 80.0 Å². The Labute approximate surface area is 185 Å². The van der Waals surface area contributed by atoms with Crippen LogP contribution in [0, 0.1) is 0 Å². The Morgan fingerprint density at radius 1 is 0.839 bits per heavy atom. The van der Waals surface area contributed by atoms with Gasteiger partial charge in [-0.3, -0.25) is 0 Å². The predicted molar refractivity (Wildman–Crippen MR) is 117 cm³/mol. The molecule has 0 saturated carbocycles. The molecule has 1 heterocycles. The minimum Gasteiger partial charge on any atom is -0.460 e. The lowest BCUT2D eigenvalue weighted by molar-refractivity contribution is -0.140. The van der Waals surface area contributed by atoms with Gasteiger partial charge < -0.3 is 33.5 Å². The van der Waals surface area contributed by atoms with Crippen molar-refractivity contribution < 1.29 is 33.3 Å². The second kappa shape index (κ2) is 17.7. The van der Waals surface area contributed by atoms with E-state index in [1.807, 2.05) is 7.05 Å². The fraction of sp³-hybridized carbons (Fsp3) is 0.727. The molecule has 178 valence electrons. The molecule has 1 aliphatic heterocycles. The van der Waals surface area contributed by atoms with Crippen molar-refractivity contribution in [2.45, 2.75) is 25.8 Å². The van der Waals surface area contributed by atoms with Gasteiger partial charge in [-0.25, -0.2) is 9.59 Å². The fourth-order valence-electron chi connectivity index (χ4n) is 2.88. The predicted octanol–water partition coefficient (Wildman–Crippen LogP) is 1.24. The molecule has 0 radical (unpaired) electrons. The molecular weight excluding hydrogens is 404 g/mol. The van der Waals surface area contributed by atoms with E-state index in [-0.39, 0.29) is 25.2 Å². The number of esters is 2. The summed E-state index contributed by atoms with van der Waals surface area (Å²) in [5.41, 5.74) is 0. The van der Waals surface area contributed by atoms with Crippen LogP contribution >= 0.6 is 0 Å². The van der Waals surface area contributed by atoms with E-state index in [1.54, 1.807) is 19.2 Å². The van der Waals surface area contributed by atoms with Crippen LogP contribution in [0.4, 0.5) is 0 Å². The number of rotatable bonds is 16. The molecule has 0 amide bonds. The summed E-state index contributed by atoms with van der Waals surface area (Å²) in [7, 11) is 4.12. The number of likely N-dealkylation sites (tertiary alicyclic amines) is 1. The zero-order valence-corrected chi connectivity index (χ0v) is 19.1. The average molecular weight is 443 g/mol. The highest BCUT2D eigenvalue weighted by Crippen LogP contribution is 2.14. The fourth-order valence-corrected chi connectivity index (χ4v) is 2.88. The maximum atomic E-state index is 11.8. The van der Waals surface area contributed by atoms with Crippen LogP contribution in [0.1, 0.15) is 19.8 Å². The molecule has 1 aliphatic rings. The Bertz CT molecular complexity index is 546. The summed E-state index contributed by atoms with van der Waals surface area (Å²) >= 11 is 0. The molecule has 9 heteroatoms. The van der Waals surface area contributed by atoms with Crippen LogP contribution in [0.5, 0.6) is 0 Å². The Hall–Kier alpha value is -1.94. The summed E-state index contributed by atoms with van der Waals surface area (Å²) in [6.07, 6.45) is 8.43. The molecule has 0 aromatic heterocycles. The first kappa shape index (κ1) is 27.1. The van der Waals surface area contributed by atoms with Gasteiger partial charge >= 0.3 is 11.9 Å². The number of ether oxygens (including phenoxy) is 5. The topological polar surface area (TPSA) is 86.8 Å². The van der Waals surface area contributed by atoms with Gasteiger partial charge in [0.1, 0.15) is 13.2 Å². The first-order valence-corrected chi connectivity index (χ1v) is 10.8. The normalized spacial score (nSPS) is 15.6. The minimum atomic E-state index is -0.374. The van der Waals surface area contributed by atoms with Crippen LogP contribution in [-0.4, -0.2) is 108 Å². The maximum Gasteiger partial charge on any atom is 0.332 e. The molecule has 1 saturated heterocycles.